The van der Waals surface area contributed by atoms with E-state index in [1.807, 2.05) is 18.2 Å². The molecule has 8 nitrogen and oxygen atoms in total. The van der Waals surface area contributed by atoms with E-state index >= 15 is 0 Å². The van der Waals surface area contributed by atoms with E-state index in [4.69, 9.17) is 10.00 Å². The number of aromatic nitrogens is 5. The number of benzene rings is 1. The number of nitrogens with one attached hydrogen (secondary N) is 2. The van der Waals surface area contributed by atoms with Crippen molar-refractivity contribution in [2.24, 2.45) is 0 Å². The summed E-state index contributed by atoms with van der Waals surface area (Å²) in [5.74, 6) is 0.121. The van der Waals surface area contributed by atoms with Gasteiger partial charge >= 0.3 is 0 Å². The van der Waals surface area contributed by atoms with Crippen LogP contribution >= 0.6 is 0 Å². The number of nitrogens with zero attached hydrogens (tertiary/aromatic N) is 5. The summed E-state index contributed by atoms with van der Waals surface area (Å²) < 4.78 is 19.3. The summed E-state index contributed by atoms with van der Waals surface area (Å²) in [5, 5.41) is 25.1. The molecule has 0 spiro atoms. The molecule has 124 valence electrons. The zero-order valence-corrected chi connectivity index (χ0v) is 12.8. The Hall–Kier alpha value is -3.80. The van der Waals surface area contributed by atoms with Crippen LogP contribution in [-0.4, -0.2) is 25.6 Å². The van der Waals surface area contributed by atoms with Gasteiger partial charge in [-0.1, -0.05) is 0 Å². The number of hydrogen-bond acceptors (Lipinski definition) is 7. The first-order valence-corrected chi connectivity index (χ1v) is 7.18. The normalized spacial score (nSPS) is 11.0. The number of pyridine rings is 1. The van der Waals surface area contributed by atoms with Gasteiger partial charge in [-0.2, -0.15) is 10.5 Å². The number of aromatic amines is 1. The zero-order valence-electron chi connectivity index (χ0n) is 12.8. The summed E-state index contributed by atoms with van der Waals surface area (Å²) in [6.07, 6.45) is 4.68. The number of halogens is 1. The summed E-state index contributed by atoms with van der Waals surface area (Å²) in [6, 6.07) is 9.65. The average Bonchev–Trinajstić information content (AvgIpc) is 3.17. The molecule has 1 aromatic carbocycles. The van der Waals surface area contributed by atoms with Crippen LogP contribution in [0.3, 0.4) is 0 Å². The number of ether oxygens (including phenoxy) is 1. The van der Waals surface area contributed by atoms with Gasteiger partial charge in [0.1, 0.15) is 29.8 Å². The first-order chi connectivity index (χ1) is 12.3. The van der Waals surface area contributed by atoms with E-state index in [-0.39, 0.29) is 11.4 Å². The van der Waals surface area contributed by atoms with Crippen LogP contribution in [0.1, 0.15) is 11.4 Å². The summed E-state index contributed by atoms with van der Waals surface area (Å²) in [6.45, 7) is 0.294. The predicted octanol–water partition coefficient (Wildman–Crippen LogP) is 2.29. The second-order valence-electron chi connectivity index (χ2n) is 4.83. The molecule has 0 atom stereocenters. The van der Waals surface area contributed by atoms with Gasteiger partial charge in [0, 0.05) is 24.7 Å². The van der Waals surface area contributed by atoms with Crippen molar-refractivity contribution in [1.29, 1.82) is 5.26 Å². The third-order valence-electron chi connectivity index (χ3n) is 3.16. The number of rotatable bonds is 6. The molecule has 3 rings (SSSR count). The first-order valence-electron chi connectivity index (χ1n) is 7.18. The standard InChI is InChI=1S/C16H12FN7O/c17-13-1-2-15(25-10-11-3-5-19-6-4-11)14(7-13)20-9-12(8-18)16-21-23-24-22-16/h1-7,9,20H,10H2,(H,21,22,23,24). The largest absolute Gasteiger partial charge is 0.487 e. The van der Waals surface area contributed by atoms with E-state index in [2.05, 4.69) is 30.9 Å². The van der Waals surface area contributed by atoms with Gasteiger partial charge in [-0.15, -0.1) is 10.2 Å². The average molecular weight is 337 g/mol. The lowest BCUT2D eigenvalue weighted by atomic mass is 10.2. The monoisotopic (exact) mass is 337 g/mol. The summed E-state index contributed by atoms with van der Waals surface area (Å²) in [5.41, 5.74) is 1.42. The number of tetrazole rings is 1. The van der Waals surface area contributed by atoms with Gasteiger partial charge < -0.3 is 10.1 Å². The van der Waals surface area contributed by atoms with Crippen molar-refractivity contribution >= 4 is 11.3 Å². The molecule has 0 amide bonds. The quantitative estimate of drug-likeness (QED) is 0.664. The van der Waals surface area contributed by atoms with Crippen LogP contribution in [0.5, 0.6) is 5.75 Å². The topological polar surface area (TPSA) is 112 Å². The molecule has 0 radical (unpaired) electrons. The second-order valence-corrected chi connectivity index (χ2v) is 4.83. The molecule has 0 aliphatic rings. The fourth-order valence-electron chi connectivity index (χ4n) is 1.95. The fraction of sp³-hybridized carbons (Fsp3) is 0.0625. The Morgan fingerprint density at radius 1 is 1.32 bits per heavy atom. The number of anilines is 1. The molecule has 9 heteroatoms. The van der Waals surface area contributed by atoms with Crippen molar-refractivity contribution in [1.82, 2.24) is 25.6 Å². The molecule has 2 heterocycles. The van der Waals surface area contributed by atoms with Crippen LogP contribution in [0.4, 0.5) is 10.1 Å². The highest BCUT2D eigenvalue weighted by Gasteiger charge is 2.08. The van der Waals surface area contributed by atoms with Crippen molar-refractivity contribution in [3.63, 3.8) is 0 Å². The van der Waals surface area contributed by atoms with E-state index in [0.29, 0.717) is 18.0 Å². The smallest absolute Gasteiger partial charge is 0.216 e. The lowest BCUT2D eigenvalue weighted by Gasteiger charge is -2.11. The maximum absolute atomic E-state index is 13.6. The minimum absolute atomic E-state index is 0.130. The van der Waals surface area contributed by atoms with E-state index in [0.717, 1.165) is 5.56 Å². The Balaban J connectivity index is 1.78. The Bertz CT molecular complexity index is 904. The molecule has 0 aliphatic heterocycles. The number of allylic oxidation sites excluding steroid dienone is 1. The second kappa shape index (κ2) is 7.65. The van der Waals surface area contributed by atoms with Crippen LogP contribution in [-0.2, 0) is 6.61 Å². The van der Waals surface area contributed by atoms with E-state index in [9.17, 15) is 4.39 Å². The maximum Gasteiger partial charge on any atom is 0.216 e. The van der Waals surface area contributed by atoms with Crippen LogP contribution in [0, 0.1) is 17.1 Å². The Morgan fingerprint density at radius 2 is 2.16 bits per heavy atom. The zero-order chi connectivity index (χ0) is 17.5. The van der Waals surface area contributed by atoms with Gasteiger partial charge in [0.05, 0.1) is 5.69 Å². The van der Waals surface area contributed by atoms with Crippen LogP contribution in [0.15, 0.2) is 48.9 Å². The van der Waals surface area contributed by atoms with E-state index < -0.39 is 5.82 Å². The van der Waals surface area contributed by atoms with Crippen molar-refractivity contribution in [2.75, 3.05) is 5.32 Å². The minimum Gasteiger partial charge on any atom is -0.487 e. The molecule has 0 fully saturated rings. The highest BCUT2D eigenvalue weighted by atomic mass is 19.1. The summed E-state index contributed by atoms with van der Waals surface area (Å²) >= 11 is 0. The number of H-pyrrole nitrogens is 1. The number of hydrogen-bond donors (Lipinski definition) is 2. The molecule has 0 unspecified atom stereocenters. The lowest BCUT2D eigenvalue weighted by Crippen LogP contribution is -2.00. The molecule has 25 heavy (non-hydrogen) atoms. The first kappa shape index (κ1) is 16.1. The van der Waals surface area contributed by atoms with Gasteiger partial charge in [0.2, 0.25) is 5.82 Å². The predicted molar refractivity (Wildman–Crippen MR) is 86.4 cm³/mol. The van der Waals surface area contributed by atoms with Crippen LogP contribution < -0.4 is 10.1 Å². The van der Waals surface area contributed by atoms with Gasteiger partial charge in [0.25, 0.3) is 0 Å². The molecule has 0 saturated heterocycles. The molecule has 0 aliphatic carbocycles. The van der Waals surface area contributed by atoms with Crippen molar-refractivity contribution in [2.45, 2.75) is 6.61 Å². The third-order valence-corrected chi connectivity index (χ3v) is 3.16. The Morgan fingerprint density at radius 3 is 2.88 bits per heavy atom. The molecule has 0 bridgehead atoms. The Labute approximate surface area is 142 Å². The van der Waals surface area contributed by atoms with Gasteiger partial charge in [0.15, 0.2) is 0 Å². The minimum atomic E-state index is -0.440. The molecule has 2 N–H and O–H groups in total. The highest BCUT2D eigenvalue weighted by Crippen LogP contribution is 2.27. The lowest BCUT2D eigenvalue weighted by molar-refractivity contribution is 0.307. The van der Waals surface area contributed by atoms with Crippen molar-refractivity contribution < 1.29 is 9.13 Å². The van der Waals surface area contributed by atoms with Crippen LogP contribution in [0.2, 0.25) is 0 Å². The summed E-state index contributed by atoms with van der Waals surface area (Å²) in [4.78, 5) is 3.94. The molecular formula is C16H12FN7O. The maximum atomic E-state index is 13.6. The highest BCUT2D eigenvalue weighted by molar-refractivity contribution is 5.74. The molecule has 0 saturated carbocycles. The van der Waals surface area contributed by atoms with E-state index in [1.54, 1.807) is 12.4 Å². The fourth-order valence-corrected chi connectivity index (χ4v) is 1.95. The van der Waals surface area contributed by atoms with Gasteiger partial charge in [-0.25, -0.2) is 4.39 Å². The number of nitriles is 1. The molecule has 3 aromatic rings. The summed E-state index contributed by atoms with van der Waals surface area (Å²) in [7, 11) is 0. The SMILES string of the molecule is N#CC(=CNc1cc(F)ccc1OCc1ccncc1)c1nn[nH]n1. The van der Waals surface area contributed by atoms with Gasteiger partial charge in [-0.3, -0.25) is 4.98 Å². The molecular weight excluding hydrogens is 325 g/mol. The van der Waals surface area contributed by atoms with Crippen molar-refractivity contribution in [3.05, 3.63) is 66.1 Å². The molecule has 2 aromatic heterocycles. The van der Waals surface area contributed by atoms with E-state index in [1.165, 1.54) is 24.4 Å². The Kier molecular flexibility index (Phi) is 4.92. The van der Waals surface area contributed by atoms with Crippen LogP contribution in [0.25, 0.3) is 5.57 Å². The third kappa shape index (κ3) is 4.14. The van der Waals surface area contributed by atoms with Crippen molar-refractivity contribution in [3.8, 4) is 11.8 Å². The van der Waals surface area contributed by atoms with Gasteiger partial charge in [-0.05, 0) is 35.0 Å².